The van der Waals surface area contributed by atoms with Crippen LogP contribution in [0.25, 0.3) is 11.3 Å². The van der Waals surface area contributed by atoms with Crippen LogP contribution in [0, 0.1) is 0 Å². The Morgan fingerprint density at radius 3 is 2.36 bits per heavy atom. The minimum atomic E-state index is -3.65. The molecule has 3 rings (SSSR count). The van der Waals surface area contributed by atoms with Crippen molar-refractivity contribution in [2.24, 2.45) is 0 Å². The topological polar surface area (TPSA) is 59.3 Å². The number of hydrogen-bond donors (Lipinski definition) is 1. The van der Waals surface area contributed by atoms with E-state index in [0.29, 0.717) is 16.5 Å². The maximum atomic E-state index is 12.3. The molecule has 1 heterocycles. The summed E-state index contributed by atoms with van der Waals surface area (Å²) in [6.45, 7) is 0. The molecule has 1 N–H and O–H groups in total. The monoisotopic (exact) mass is 333 g/mol. The Bertz CT molecular complexity index is 872. The van der Waals surface area contributed by atoms with Crippen molar-refractivity contribution in [3.8, 4) is 11.3 Å². The van der Waals surface area contributed by atoms with Crippen LogP contribution in [-0.2, 0) is 10.0 Å². The van der Waals surface area contributed by atoms with Crippen LogP contribution in [0.15, 0.2) is 76.2 Å². The number of nitrogens with one attached hydrogen (secondary N) is 1. The van der Waals surface area contributed by atoms with Gasteiger partial charge in [-0.05, 0) is 54.6 Å². The standard InChI is InChI=1S/C16H12ClNO3S/c17-13-3-1-4-14(11-13)18-22(19,20)15-8-6-12(7-9-15)16-5-2-10-21-16/h1-11,18H. The van der Waals surface area contributed by atoms with Crippen LogP contribution < -0.4 is 4.72 Å². The van der Waals surface area contributed by atoms with Gasteiger partial charge in [-0.1, -0.05) is 17.7 Å². The smallest absolute Gasteiger partial charge is 0.261 e. The van der Waals surface area contributed by atoms with Gasteiger partial charge in [0, 0.05) is 10.6 Å². The first-order valence-corrected chi connectivity index (χ1v) is 8.33. The quantitative estimate of drug-likeness (QED) is 0.769. The molecular weight excluding hydrogens is 322 g/mol. The summed E-state index contributed by atoms with van der Waals surface area (Å²) in [6.07, 6.45) is 1.57. The SMILES string of the molecule is O=S(=O)(Nc1cccc(Cl)c1)c1ccc(-c2ccco2)cc1. The Kier molecular flexibility index (Phi) is 3.92. The molecule has 3 aromatic rings. The first-order valence-electron chi connectivity index (χ1n) is 6.47. The van der Waals surface area contributed by atoms with E-state index >= 15 is 0 Å². The highest BCUT2D eigenvalue weighted by molar-refractivity contribution is 7.92. The lowest BCUT2D eigenvalue weighted by molar-refractivity contribution is 0.582. The van der Waals surface area contributed by atoms with E-state index in [1.54, 1.807) is 48.7 Å². The molecule has 1 aromatic heterocycles. The maximum absolute atomic E-state index is 12.3. The van der Waals surface area contributed by atoms with Gasteiger partial charge < -0.3 is 4.42 Å². The minimum Gasteiger partial charge on any atom is -0.464 e. The molecule has 0 amide bonds. The third-order valence-corrected chi connectivity index (χ3v) is 4.68. The molecular formula is C16H12ClNO3S. The predicted molar refractivity (Wildman–Crippen MR) is 86.4 cm³/mol. The van der Waals surface area contributed by atoms with Crippen LogP contribution >= 0.6 is 11.6 Å². The summed E-state index contributed by atoms with van der Waals surface area (Å²) < 4.78 is 32.4. The van der Waals surface area contributed by atoms with Crippen LogP contribution in [0.1, 0.15) is 0 Å². The fraction of sp³-hybridized carbons (Fsp3) is 0. The van der Waals surface area contributed by atoms with Crippen molar-refractivity contribution in [1.29, 1.82) is 0 Å². The molecule has 0 aliphatic carbocycles. The van der Waals surface area contributed by atoms with E-state index < -0.39 is 10.0 Å². The molecule has 6 heteroatoms. The second kappa shape index (κ2) is 5.87. The summed E-state index contributed by atoms with van der Waals surface area (Å²) in [5.41, 5.74) is 1.23. The van der Waals surface area contributed by atoms with Crippen LogP contribution in [0.4, 0.5) is 5.69 Å². The Labute approximate surface area is 133 Å². The van der Waals surface area contributed by atoms with Crippen molar-refractivity contribution in [3.05, 3.63) is 71.9 Å². The van der Waals surface area contributed by atoms with E-state index in [1.165, 1.54) is 12.1 Å². The summed E-state index contributed by atoms with van der Waals surface area (Å²) in [5.74, 6) is 0.687. The highest BCUT2D eigenvalue weighted by atomic mass is 35.5. The Morgan fingerprint density at radius 1 is 0.955 bits per heavy atom. The molecule has 22 heavy (non-hydrogen) atoms. The van der Waals surface area contributed by atoms with Crippen LogP contribution in [0.3, 0.4) is 0 Å². The third kappa shape index (κ3) is 3.16. The number of hydrogen-bond acceptors (Lipinski definition) is 3. The molecule has 2 aromatic carbocycles. The van der Waals surface area contributed by atoms with Gasteiger partial charge in [0.2, 0.25) is 0 Å². The lowest BCUT2D eigenvalue weighted by Gasteiger charge is -2.08. The minimum absolute atomic E-state index is 0.169. The van der Waals surface area contributed by atoms with Gasteiger partial charge in [0.25, 0.3) is 10.0 Å². The number of sulfonamides is 1. The fourth-order valence-corrected chi connectivity index (χ4v) is 3.25. The second-order valence-corrected chi connectivity index (χ2v) is 6.74. The van der Waals surface area contributed by atoms with Crippen LogP contribution in [0.2, 0.25) is 5.02 Å². The molecule has 0 saturated heterocycles. The fourth-order valence-electron chi connectivity index (χ4n) is 2.01. The highest BCUT2D eigenvalue weighted by Gasteiger charge is 2.14. The maximum Gasteiger partial charge on any atom is 0.261 e. The zero-order valence-electron chi connectivity index (χ0n) is 11.4. The Morgan fingerprint density at radius 2 is 1.73 bits per heavy atom. The van der Waals surface area contributed by atoms with Gasteiger partial charge in [0.1, 0.15) is 5.76 Å². The zero-order chi connectivity index (χ0) is 15.6. The average molecular weight is 334 g/mol. The van der Waals surface area contributed by atoms with Crippen molar-refractivity contribution in [1.82, 2.24) is 0 Å². The third-order valence-electron chi connectivity index (χ3n) is 3.05. The van der Waals surface area contributed by atoms with Crippen molar-refractivity contribution < 1.29 is 12.8 Å². The predicted octanol–water partition coefficient (Wildman–Crippen LogP) is 4.40. The molecule has 0 atom stereocenters. The van der Waals surface area contributed by atoms with Gasteiger partial charge in [0.15, 0.2) is 0 Å². The van der Waals surface area contributed by atoms with Gasteiger partial charge in [-0.2, -0.15) is 0 Å². The molecule has 0 radical (unpaired) electrons. The number of rotatable bonds is 4. The van der Waals surface area contributed by atoms with Gasteiger partial charge >= 0.3 is 0 Å². The van der Waals surface area contributed by atoms with Gasteiger partial charge in [-0.3, -0.25) is 4.72 Å². The molecule has 0 aliphatic rings. The summed E-state index contributed by atoms with van der Waals surface area (Å²) >= 11 is 5.85. The van der Waals surface area contributed by atoms with E-state index in [1.807, 2.05) is 6.07 Å². The van der Waals surface area contributed by atoms with E-state index in [9.17, 15) is 8.42 Å². The average Bonchev–Trinajstić information content (AvgIpc) is 3.01. The van der Waals surface area contributed by atoms with E-state index in [0.717, 1.165) is 5.56 Å². The van der Waals surface area contributed by atoms with Crippen molar-refractivity contribution in [3.63, 3.8) is 0 Å². The molecule has 0 spiro atoms. The molecule has 0 saturated carbocycles. The summed E-state index contributed by atoms with van der Waals surface area (Å²) in [7, 11) is -3.65. The first kappa shape index (κ1) is 14.7. The highest BCUT2D eigenvalue weighted by Crippen LogP contribution is 2.23. The second-order valence-electron chi connectivity index (χ2n) is 4.62. The molecule has 0 unspecified atom stereocenters. The number of furan rings is 1. The number of benzene rings is 2. The zero-order valence-corrected chi connectivity index (χ0v) is 12.9. The lowest BCUT2D eigenvalue weighted by Crippen LogP contribution is -2.12. The number of halogens is 1. The Balaban J connectivity index is 1.86. The summed E-state index contributed by atoms with van der Waals surface area (Å²) in [4.78, 5) is 0.169. The van der Waals surface area contributed by atoms with E-state index in [4.69, 9.17) is 16.0 Å². The lowest BCUT2D eigenvalue weighted by atomic mass is 10.2. The summed E-state index contributed by atoms with van der Waals surface area (Å²) in [6, 6.07) is 16.6. The molecule has 4 nitrogen and oxygen atoms in total. The van der Waals surface area contributed by atoms with E-state index in [-0.39, 0.29) is 4.90 Å². The number of anilines is 1. The van der Waals surface area contributed by atoms with Gasteiger partial charge in [-0.15, -0.1) is 0 Å². The van der Waals surface area contributed by atoms with E-state index in [2.05, 4.69) is 4.72 Å². The largest absolute Gasteiger partial charge is 0.464 e. The molecule has 0 fully saturated rings. The van der Waals surface area contributed by atoms with Gasteiger partial charge in [-0.25, -0.2) is 8.42 Å². The summed E-state index contributed by atoms with van der Waals surface area (Å²) in [5, 5.41) is 0.466. The Hall–Kier alpha value is -2.24. The molecule has 0 bridgehead atoms. The molecule has 112 valence electrons. The van der Waals surface area contributed by atoms with Gasteiger partial charge in [0.05, 0.1) is 16.8 Å². The normalized spacial score (nSPS) is 11.3. The van der Waals surface area contributed by atoms with Crippen molar-refractivity contribution in [2.75, 3.05) is 4.72 Å². The first-order chi connectivity index (χ1) is 10.5. The van der Waals surface area contributed by atoms with Crippen molar-refractivity contribution in [2.45, 2.75) is 4.90 Å². The van der Waals surface area contributed by atoms with Crippen LogP contribution in [-0.4, -0.2) is 8.42 Å². The molecule has 0 aliphatic heterocycles. The van der Waals surface area contributed by atoms with Crippen molar-refractivity contribution >= 4 is 27.3 Å². The van der Waals surface area contributed by atoms with Crippen LogP contribution in [0.5, 0.6) is 0 Å².